The minimum absolute atomic E-state index is 0.486. The van der Waals surface area contributed by atoms with Crippen LogP contribution in [0.4, 0.5) is 0 Å². The summed E-state index contributed by atoms with van der Waals surface area (Å²) in [4.78, 5) is 8.02. The number of hydrogen-bond acceptors (Lipinski definition) is 3. The first kappa shape index (κ1) is 7.68. The first-order valence-corrected chi connectivity index (χ1v) is 4.45. The van der Waals surface area contributed by atoms with Gasteiger partial charge < -0.3 is 5.32 Å². The molecule has 0 aromatic carbocycles. The Morgan fingerprint density at radius 1 is 1.25 bits per heavy atom. The molecular formula is C9H13N3. The number of nitrogens with one attached hydrogen (secondary N) is 1. The summed E-state index contributed by atoms with van der Waals surface area (Å²) >= 11 is 0. The highest BCUT2D eigenvalue weighted by atomic mass is 14.9. The number of aromatic nitrogens is 2. The third kappa shape index (κ3) is 1.61. The summed E-state index contributed by atoms with van der Waals surface area (Å²) in [6, 6.07) is 0.486. The summed E-state index contributed by atoms with van der Waals surface area (Å²) in [5.74, 6) is 0. The van der Waals surface area contributed by atoms with Gasteiger partial charge in [0.05, 0.1) is 0 Å². The molecule has 2 heterocycles. The lowest BCUT2D eigenvalue weighted by Gasteiger charge is -2.22. The number of rotatable bonds is 1. The van der Waals surface area contributed by atoms with E-state index >= 15 is 0 Å². The van der Waals surface area contributed by atoms with Gasteiger partial charge in [0, 0.05) is 24.0 Å². The van der Waals surface area contributed by atoms with Gasteiger partial charge in [-0.05, 0) is 19.4 Å². The quantitative estimate of drug-likeness (QED) is 0.678. The molecule has 0 bridgehead atoms. The average molecular weight is 163 g/mol. The van der Waals surface area contributed by atoms with Crippen molar-refractivity contribution in [3.05, 3.63) is 24.3 Å². The fourth-order valence-electron chi connectivity index (χ4n) is 1.63. The normalized spacial score (nSPS) is 23.8. The lowest BCUT2D eigenvalue weighted by Crippen LogP contribution is -2.26. The van der Waals surface area contributed by atoms with Gasteiger partial charge in [-0.1, -0.05) is 6.42 Å². The summed E-state index contributed by atoms with van der Waals surface area (Å²) in [6.45, 7) is 1.12. The third-order valence-corrected chi connectivity index (χ3v) is 2.29. The standard InChI is InChI=1S/C9H13N3/c1-2-4-12-9(3-1)8-5-10-7-11-6-8/h5-7,9,12H,1-4H2/t9-/m0/s1. The van der Waals surface area contributed by atoms with Crippen LogP contribution in [0, 0.1) is 0 Å². The zero-order chi connectivity index (χ0) is 8.23. The van der Waals surface area contributed by atoms with Crippen LogP contribution < -0.4 is 5.32 Å². The molecule has 0 radical (unpaired) electrons. The number of piperidine rings is 1. The number of nitrogens with zero attached hydrogens (tertiary/aromatic N) is 2. The van der Waals surface area contributed by atoms with E-state index in [2.05, 4.69) is 15.3 Å². The van der Waals surface area contributed by atoms with Crippen molar-refractivity contribution in [2.24, 2.45) is 0 Å². The molecule has 2 rings (SSSR count). The molecular weight excluding hydrogens is 150 g/mol. The van der Waals surface area contributed by atoms with E-state index in [0.29, 0.717) is 6.04 Å². The second kappa shape index (κ2) is 3.63. The highest BCUT2D eigenvalue weighted by Gasteiger charge is 2.14. The molecule has 0 saturated carbocycles. The van der Waals surface area contributed by atoms with Crippen LogP contribution in [0.3, 0.4) is 0 Å². The van der Waals surface area contributed by atoms with E-state index in [9.17, 15) is 0 Å². The molecule has 0 aliphatic carbocycles. The molecule has 3 nitrogen and oxygen atoms in total. The Kier molecular flexibility index (Phi) is 2.32. The summed E-state index contributed by atoms with van der Waals surface area (Å²) < 4.78 is 0. The second-order valence-corrected chi connectivity index (χ2v) is 3.17. The van der Waals surface area contributed by atoms with Crippen molar-refractivity contribution in [1.29, 1.82) is 0 Å². The van der Waals surface area contributed by atoms with Gasteiger partial charge >= 0.3 is 0 Å². The Balaban J connectivity index is 2.08. The summed E-state index contributed by atoms with van der Waals surface area (Å²) in [6.07, 6.45) is 9.20. The Morgan fingerprint density at radius 2 is 2.08 bits per heavy atom. The van der Waals surface area contributed by atoms with Crippen molar-refractivity contribution in [3.8, 4) is 0 Å². The fourth-order valence-corrected chi connectivity index (χ4v) is 1.63. The smallest absolute Gasteiger partial charge is 0.115 e. The molecule has 1 fully saturated rings. The molecule has 1 N–H and O–H groups in total. The van der Waals surface area contributed by atoms with E-state index in [1.807, 2.05) is 12.4 Å². The van der Waals surface area contributed by atoms with Crippen molar-refractivity contribution in [1.82, 2.24) is 15.3 Å². The molecule has 0 unspecified atom stereocenters. The largest absolute Gasteiger partial charge is 0.310 e. The van der Waals surface area contributed by atoms with E-state index in [1.54, 1.807) is 6.33 Å². The van der Waals surface area contributed by atoms with Crippen LogP contribution in [0.5, 0.6) is 0 Å². The van der Waals surface area contributed by atoms with Gasteiger partial charge in [0.1, 0.15) is 6.33 Å². The molecule has 1 aliphatic rings. The van der Waals surface area contributed by atoms with E-state index in [4.69, 9.17) is 0 Å². The second-order valence-electron chi connectivity index (χ2n) is 3.17. The van der Waals surface area contributed by atoms with Crippen LogP contribution in [-0.2, 0) is 0 Å². The molecule has 1 atom stereocenters. The maximum atomic E-state index is 4.01. The lowest BCUT2D eigenvalue weighted by atomic mass is 10.0. The Bertz CT molecular complexity index is 229. The zero-order valence-corrected chi connectivity index (χ0v) is 7.03. The highest BCUT2D eigenvalue weighted by molar-refractivity contribution is 5.09. The topological polar surface area (TPSA) is 37.8 Å². The molecule has 12 heavy (non-hydrogen) atoms. The van der Waals surface area contributed by atoms with Crippen molar-refractivity contribution in [2.75, 3.05) is 6.54 Å². The van der Waals surface area contributed by atoms with Crippen LogP contribution in [0.15, 0.2) is 18.7 Å². The SMILES string of the molecule is c1ncc([C@@H]2CCCCN2)cn1. The van der Waals surface area contributed by atoms with Crippen molar-refractivity contribution in [2.45, 2.75) is 25.3 Å². The maximum absolute atomic E-state index is 4.01. The average Bonchev–Trinajstić information content (AvgIpc) is 2.21. The van der Waals surface area contributed by atoms with Crippen molar-refractivity contribution in [3.63, 3.8) is 0 Å². The number of hydrogen-bond donors (Lipinski definition) is 1. The molecule has 1 saturated heterocycles. The monoisotopic (exact) mass is 163 g/mol. The van der Waals surface area contributed by atoms with Gasteiger partial charge in [0.15, 0.2) is 0 Å². The van der Waals surface area contributed by atoms with Gasteiger partial charge in [0.2, 0.25) is 0 Å². The summed E-state index contributed by atoms with van der Waals surface area (Å²) in [5, 5.41) is 3.46. The lowest BCUT2D eigenvalue weighted by molar-refractivity contribution is 0.410. The summed E-state index contributed by atoms with van der Waals surface area (Å²) in [5.41, 5.74) is 1.22. The van der Waals surface area contributed by atoms with Crippen molar-refractivity contribution < 1.29 is 0 Å². The minimum Gasteiger partial charge on any atom is -0.310 e. The van der Waals surface area contributed by atoms with Gasteiger partial charge in [-0.25, -0.2) is 9.97 Å². The predicted octanol–water partition coefficient (Wildman–Crippen LogP) is 1.29. The first-order valence-electron chi connectivity index (χ1n) is 4.45. The molecule has 1 aromatic rings. The highest BCUT2D eigenvalue weighted by Crippen LogP contribution is 2.20. The molecule has 0 spiro atoms. The Hall–Kier alpha value is -0.960. The molecule has 64 valence electrons. The fraction of sp³-hybridized carbons (Fsp3) is 0.556. The zero-order valence-electron chi connectivity index (χ0n) is 7.03. The van der Waals surface area contributed by atoms with E-state index in [1.165, 1.54) is 24.8 Å². The van der Waals surface area contributed by atoms with Crippen LogP contribution in [0.25, 0.3) is 0 Å². The molecule has 0 amide bonds. The maximum Gasteiger partial charge on any atom is 0.115 e. The van der Waals surface area contributed by atoms with E-state index < -0.39 is 0 Å². The molecule has 3 heteroatoms. The Morgan fingerprint density at radius 3 is 2.75 bits per heavy atom. The Labute approximate surface area is 72.2 Å². The van der Waals surface area contributed by atoms with E-state index in [-0.39, 0.29) is 0 Å². The van der Waals surface area contributed by atoms with Crippen LogP contribution >= 0.6 is 0 Å². The van der Waals surface area contributed by atoms with Crippen LogP contribution in [-0.4, -0.2) is 16.5 Å². The minimum atomic E-state index is 0.486. The van der Waals surface area contributed by atoms with Crippen LogP contribution in [0.2, 0.25) is 0 Å². The first-order chi connectivity index (χ1) is 5.97. The van der Waals surface area contributed by atoms with Gasteiger partial charge in [-0.2, -0.15) is 0 Å². The van der Waals surface area contributed by atoms with Gasteiger partial charge in [-0.15, -0.1) is 0 Å². The van der Waals surface area contributed by atoms with Gasteiger partial charge in [0.25, 0.3) is 0 Å². The summed E-state index contributed by atoms with van der Waals surface area (Å²) in [7, 11) is 0. The van der Waals surface area contributed by atoms with Crippen LogP contribution in [0.1, 0.15) is 30.9 Å². The van der Waals surface area contributed by atoms with E-state index in [0.717, 1.165) is 6.54 Å². The molecule has 1 aliphatic heterocycles. The molecule has 1 aromatic heterocycles. The third-order valence-electron chi connectivity index (χ3n) is 2.29. The predicted molar refractivity (Wildman–Crippen MR) is 46.6 cm³/mol. The van der Waals surface area contributed by atoms with Gasteiger partial charge in [-0.3, -0.25) is 0 Å². The van der Waals surface area contributed by atoms with Crippen molar-refractivity contribution >= 4 is 0 Å².